The predicted octanol–water partition coefficient (Wildman–Crippen LogP) is 5.05. The van der Waals surface area contributed by atoms with Crippen LogP contribution in [0.3, 0.4) is 0 Å². The maximum Gasteiger partial charge on any atom is 0.137 e. The number of pyridine rings is 3. The van der Waals surface area contributed by atoms with Gasteiger partial charge in [0.15, 0.2) is 0 Å². The molecule has 5 rings (SSSR count). The van der Waals surface area contributed by atoms with Gasteiger partial charge in [0.25, 0.3) is 0 Å². The van der Waals surface area contributed by atoms with Gasteiger partial charge in [0.05, 0.1) is 23.5 Å². The number of benzene rings is 1. The number of nitrogens with zero attached hydrogens (tertiary/aromatic N) is 4. The first-order chi connectivity index (χ1) is 14.2. The average Bonchev–Trinajstić information content (AvgIpc) is 3.21. The molecule has 0 bridgehead atoms. The molecule has 0 saturated carbocycles. The molecular formula is C24H20N4O. The van der Waals surface area contributed by atoms with E-state index in [1.165, 1.54) is 0 Å². The zero-order valence-electron chi connectivity index (χ0n) is 16.0. The third-order valence-electron chi connectivity index (χ3n) is 5.33. The number of aliphatic hydroxyl groups is 1. The number of hydrogen-bond donors (Lipinski definition) is 1. The largest absolute Gasteiger partial charge is 0.387 e. The Kier molecular flexibility index (Phi) is 4.30. The molecule has 5 aromatic rings. The Morgan fingerprint density at radius 3 is 2.55 bits per heavy atom. The summed E-state index contributed by atoms with van der Waals surface area (Å²) >= 11 is 0. The fraction of sp³-hybridized carbons (Fsp3) is 0.125. The van der Waals surface area contributed by atoms with E-state index in [0.717, 1.165) is 44.5 Å². The van der Waals surface area contributed by atoms with Crippen LogP contribution in [-0.2, 0) is 0 Å². The zero-order chi connectivity index (χ0) is 19.8. The minimum atomic E-state index is -0.528. The van der Waals surface area contributed by atoms with Crippen LogP contribution in [0.15, 0.2) is 79.5 Å². The molecule has 0 aliphatic rings. The number of aromatic nitrogens is 4. The van der Waals surface area contributed by atoms with Gasteiger partial charge in [0.2, 0.25) is 0 Å². The van der Waals surface area contributed by atoms with Gasteiger partial charge in [-0.3, -0.25) is 9.97 Å². The number of hydrogen-bond acceptors (Lipinski definition) is 4. The normalized spacial score (nSPS) is 12.5. The van der Waals surface area contributed by atoms with Gasteiger partial charge in [-0.2, -0.15) is 0 Å². The summed E-state index contributed by atoms with van der Waals surface area (Å²) in [5, 5.41) is 11.4. The molecule has 0 aliphatic carbocycles. The maximum absolute atomic E-state index is 10.3. The molecule has 0 aliphatic heterocycles. The van der Waals surface area contributed by atoms with E-state index in [4.69, 9.17) is 0 Å². The van der Waals surface area contributed by atoms with E-state index in [9.17, 15) is 5.11 Å². The lowest BCUT2D eigenvalue weighted by Crippen LogP contribution is -2.00. The summed E-state index contributed by atoms with van der Waals surface area (Å²) in [6.45, 7) is 1.96. The summed E-state index contributed by atoms with van der Waals surface area (Å²) in [7, 11) is 0. The first-order valence-electron chi connectivity index (χ1n) is 9.69. The molecule has 0 radical (unpaired) electrons. The van der Waals surface area contributed by atoms with Crippen LogP contribution in [0.5, 0.6) is 0 Å². The molecule has 4 heterocycles. The van der Waals surface area contributed by atoms with Crippen LogP contribution in [-0.4, -0.2) is 24.5 Å². The molecule has 29 heavy (non-hydrogen) atoms. The first-order valence-corrected chi connectivity index (χ1v) is 9.69. The fourth-order valence-electron chi connectivity index (χ4n) is 3.73. The van der Waals surface area contributed by atoms with Crippen LogP contribution < -0.4 is 0 Å². The topological polar surface area (TPSA) is 63.3 Å². The van der Waals surface area contributed by atoms with E-state index in [1.54, 1.807) is 18.6 Å². The smallest absolute Gasteiger partial charge is 0.137 e. The Morgan fingerprint density at radius 1 is 0.897 bits per heavy atom. The van der Waals surface area contributed by atoms with E-state index in [1.807, 2.05) is 48.0 Å². The van der Waals surface area contributed by atoms with Crippen molar-refractivity contribution >= 4 is 16.6 Å². The van der Waals surface area contributed by atoms with Gasteiger partial charge >= 0.3 is 0 Å². The van der Waals surface area contributed by atoms with Crippen molar-refractivity contribution in [3.05, 3.63) is 85.2 Å². The Hall–Kier alpha value is -3.57. The Labute approximate surface area is 168 Å². The van der Waals surface area contributed by atoms with Gasteiger partial charge < -0.3 is 9.51 Å². The van der Waals surface area contributed by atoms with Crippen molar-refractivity contribution in [3.63, 3.8) is 0 Å². The highest BCUT2D eigenvalue weighted by molar-refractivity contribution is 5.96. The summed E-state index contributed by atoms with van der Waals surface area (Å²) in [5.41, 5.74) is 6.99. The van der Waals surface area contributed by atoms with Gasteiger partial charge in [0.1, 0.15) is 5.65 Å². The molecule has 0 fully saturated rings. The van der Waals surface area contributed by atoms with Crippen molar-refractivity contribution < 1.29 is 5.11 Å². The molecule has 1 unspecified atom stereocenters. The van der Waals surface area contributed by atoms with Crippen LogP contribution in [0.2, 0.25) is 0 Å². The molecule has 4 aromatic heterocycles. The molecular weight excluding hydrogens is 360 g/mol. The van der Waals surface area contributed by atoms with Crippen LogP contribution in [0.1, 0.15) is 25.1 Å². The number of fused-ring (bicyclic) bond motifs is 2. The third-order valence-corrected chi connectivity index (χ3v) is 5.33. The summed E-state index contributed by atoms with van der Waals surface area (Å²) in [6.07, 6.45) is 9.36. The third kappa shape index (κ3) is 3.05. The van der Waals surface area contributed by atoms with Crippen LogP contribution in [0, 0.1) is 0 Å². The van der Waals surface area contributed by atoms with Crippen molar-refractivity contribution in [2.24, 2.45) is 0 Å². The van der Waals surface area contributed by atoms with Crippen LogP contribution in [0.25, 0.3) is 38.8 Å². The SMILES string of the molecule is CCC(O)c1cnc2ccc(-c3ccc4nccc(-c5ccncc5)c4c3)cn12. The molecule has 1 aromatic carbocycles. The average molecular weight is 380 g/mol. The second-order valence-electron chi connectivity index (χ2n) is 7.08. The Bertz CT molecular complexity index is 1310. The van der Waals surface area contributed by atoms with Gasteiger partial charge in [-0.1, -0.05) is 13.0 Å². The van der Waals surface area contributed by atoms with Gasteiger partial charge in [-0.15, -0.1) is 0 Å². The quantitative estimate of drug-likeness (QED) is 0.474. The minimum Gasteiger partial charge on any atom is -0.387 e. The molecule has 142 valence electrons. The lowest BCUT2D eigenvalue weighted by Gasteiger charge is -2.11. The highest BCUT2D eigenvalue weighted by atomic mass is 16.3. The van der Waals surface area contributed by atoms with E-state index >= 15 is 0 Å². The molecule has 0 amide bonds. The van der Waals surface area contributed by atoms with E-state index in [2.05, 4.69) is 39.2 Å². The van der Waals surface area contributed by atoms with E-state index in [-0.39, 0.29) is 0 Å². The molecule has 0 spiro atoms. The second kappa shape index (κ2) is 7.11. The second-order valence-corrected chi connectivity index (χ2v) is 7.08. The maximum atomic E-state index is 10.3. The zero-order valence-corrected chi connectivity index (χ0v) is 16.0. The fourth-order valence-corrected chi connectivity index (χ4v) is 3.73. The van der Waals surface area contributed by atoms with Crippen LogP contribution >= 0.6 is 0 Å². The summed E-state index contributed by atoms with van der Waals surface area (Å²) in [4.78, 5) is 13.1. The molecule has 1 atom stereocenters. The molecule has 1 N–H and O–H groups in total. The monoisotopic (exact) mass is 380 g/mol. The minimum absolute atomic E-state index is 0.528. The van der Waals surface area contributed by atoms with Crippen molar-refractivity contribution in [1.29, 1.82) is 0 Å². The number of rotatable bonds is 4. The highest BCUT2D eigenvalue weighted by Gasteiger charge is 2.13. The summed E-state index contributed by atoms with van der Waals surface area (Å²) in [5.74, 6) is 0. The molecule has 0 saturated heterocycles. The molecule has 5 heteroatoms. The number of aliphatic hydroxyl groups excluding tert-OH is 1. The van der Waals surface area contributed by atoms with Gasteiger partial charge in [-0.25, -0.2) is 4.98 Å². The number of imidazole rings is 1. The summed E-state index contributed by atoms with van der Waals surface area (Å²) < 4.78 is 1.97. The predicted molar refractivity (Wildman–Crippen MR) is 114 cm³/mol. The lowest BCUT2D eigenvalue weighted by molar-refractivity contribution is 0.168. The summed E-state index contributed by atoms with van der Waals surface area (Å²) in [6, 6.07) is 16.4. The van der Waals surface area contributed by atoms with Crippen molar-refractivity contribution in [2.45, 2.75) is 19.4 Å². The van der Waals surface area contributed by atoms with Crippen LogP contribution in [0.4, 0.5) is 0 Å². The van der Waals surface area contributed by atoms with Crippen molar-refractivity contribution in [2.75, 3.05) is 0 Å². The Morgan fingerprint density at radius 2 is 1.72 bits per heavy atom. The van der Waals surface area contributed by atoms with Crippen molar-refractivity contribution in [3.8, 4) is 22.3 Å². The van der Waals surface area contributed by atoms with Crippen molar-refractivity contribution in [1.82, 2.24) is 19.4 Å². The first kappa shape index (κ1) is 17.5. The molecule has 5 nitrogen and oxygen atoms in total. The standard InChI is InChI=1S/C24H20N4O/c1-2-23(29)22-14-27-24-6-4-18(15-28(22)24)17-3-5-21-20(13-17)19(9-12-26-21)16-7-10-25-11-8-16/h3-15,23,29H,2H2,1H3. The Balaban J connectivity index is 1.67. The lowest BCUT2D eigenvalue weighted by atomic mass is 9.98. The van der Waals surface area contributed by atoms with Gasteiger partial charge in [0, 0.05) is 30.2 Å². The van der Waals surface area contributed by atoms with E-state index < -0.39 is 6.10 Å². The van der Waals surface area contributed by atoms with E-state index in [0.29, 0.717) is 6.42 Å². The van der Waals surface area contributed by atoms with Gasteiger partial charge in [-0.05, 0) is 71.1 Å². The highest BCUT2D eigenvalue weighted by Crippen LogP contribution is 2.31.